The molecule has 104 valence electrons. The van der Waals surface area contributed by atoms with Gasteiger partial charge in [-0.25, -0.2) is 9.97 Å². The van der Waals surface area contributed by atoms with E-state index in [0.717, 1.165) is 0 Å². The van der Waals surface area contributed by atoms with Crippen molar-refractivity contribution >= 4 is 28.5 Å². The van der Waals surface area contributed by atoms with Crippen LogP contribution in [0.4, 0.5) is 5.69 Å². The Kier molecular flexibility index (Phi) is 3.07. The van der Waals surface area contributed by atoms with Gasteiger partial charge in [-0.1, -0.05) is 12.1 Å². The summed E-state index contributed by atoms with van der Waals surface area (Å²) >= 11 is 0. The summed E-state index contributed by atoms with van der Waals surface area (Å²) in [5.41, 5.74) is 6.66. The van der Waals surface area contributed by atoms with Crippen molar-refractivity contribution < 1.29 is 9.59 Å². The molecule has 0 aliphatic carbocycles. The van der Waals surface area contributed by atoms with E-state index in [1.807, 2.05) is 0 Å². The lowest BCUT2D eigenvalue weighted by atomic mass is 10.1. The molecule has 0 saturated carbocycles. The van der Waals surface area contributed by atoms with Crippen molar-refractivity contribution in [1.82, 2.24) is 15.0 Å². The minimum atomic E-state index is -0.611. The first kappa shape index (κ1) is 12.8. The molecule has 7 heteroatoms. The van der Waals surface area contributed by atoms with Crippen LogP contribution < -0.4 is 11.1 Å². The molecule has 0 aliphatic heterocycles. The molecular weight excluding hydrogens is 270 g/mol. The van der Waals surface area contributed by atoms with E-state index in [1.54, 1.807) is 36.5 Å². The van der Waals surface area contributed by atoms with E-state index in [-0.39, 0.29) is 11.3 Å². The fourth-order valence-electron chi connectivity index (χ4n) is 2.04. The van der Waals surface area contributed by atoms with Crippen LogP contribution in [-0.4, -0.2) is 26.8 Å². The van der Waals surface area contributed by atoms with E-state index in [2.05, 4.69) is 20.3 Å². The fraction of sp³-hybridized carbons (Fsp3) is 0. The van der Waals surface area contributed by atoms with Gasteiger partial charge in [0.2, 0.25) is 0 Å². The van der Waals surface area contributed by atoms with Crippen molar-refractivity contribution in [3.63, 3.8) is 0 Å². The van der Waals surface area contributed by atoms with E-state index >= 15 is 0 Å². The fourth-order valence-corrected chi connectivity index (χ4v) is 2.04. The number of hydrogen-bond acceptors (Lipinski definition) is 4. The molecule has 3 aromatic rings. The zero-order chi connectivity index (χ0) is 14.8. The maximum Gasteiger partial charge on any atom is 0.275 e. The van der Waals surface area contributed by atoms with Crippen LogP contribution in [0.5, 0.6) is 0 Å². The highest BCUT2D eigenvalue weighted by Gasteiger charge is 2.15. The van der Waals surface area contributed by atoms with Gasteiger partial charge in [-0.2, -0.15) is 0 Å². The lowest BCUT2D eigenvalue weighted by molar-refractivity contribution is 0.100. The van der Waals surface area contributed by atoms with Crippen LogP contribution in [0.15, 0.2) is 42.9 Å². The molecule has 2 aromatic heterocycles. The monoisotopic (exact) mass is 281 g/mol. The van der Waals surface area contributed by atoms with Crippen molar-refractivity contribution in [2.45, 2.75) is 0 Å². The average molecular weight is 281 g/mol. The van der Waals surface area contributed by atoms with Gasteiger partial charge in [-0.05, 0) is 18.2 Å². The first-order chi connectivity index (χ1) is 10.2. The number of carbonyl (C=O) groups excluding carboxylic acids is 2. The van der Waals surface area contributed by atoms with Gasteiger partial charge in [0.25, 0.3) is 11.8 Å². The van der Waals surface area contributed by atoms with Crippen LogP contribution in [-0.2, 0) is 0 Å². The summed E-state index contributed by atoms with van der Waals surface area (Å²) in [5.74, 6) is -1.05. The van der Waals surface area contributed by atoms with Crippen LogP contribution in [0.3, 0.4) is 0 Å². The number of H-pyrrole nitrogens is 1. The maximum atomic E-state index is 12.3. The van der Waals surface area contributed by atoms with Gasteiger partial charge in [0.15, 0.2) is 0 Å². The normalized spacial score (nSPS) is 10.5. The maximum absolute atomic E-state index is 12.3. The molecule has 21 heavy (non-hydrogen) atoms. The number of anilines is 1. The van der Waals surface area contributed by atoms with Gasteiger partial charge in [0.05, 0.1) is 16.6 Å². The number of nitrogens with one attached hydrogen (secondary N) is 2. The van der Waals surface area contributed by atoms with Crippen LogP contribution in [0.25, 0.3) is 11.0 Å². The number of primary amides is 1. The summed E-state index contributed by atoms with van der Waals surface area (Å²) in [7, 11) is 0. The minimum Gasteiger partial charge on any atom is -0.366 e. The van der Waals surface area contributed by atoms with Gasteiger partial charge in [0.1, 0.15) is 17.7 Å². The number of rotatable bonds is 3. The number of hydrogen-bond donors (Lipinski definition) is 3. The molecule has 0 radical (unpaired) electrons. The van der Waals surface area contributed by atoms with E-state index in [9.17, 15) is 9.59 Å². The molecule has 3 rings (SSSR count). The van der Waals surface area contributed by atoms with Crippen molar-refractivity contribution in [1.29, 1.82) is 0 Å². The lowest BCUT2D eigenvalue weighted by Gasteiger charge is -2.08. The first-order valence-electron chi connectivity index (χ1n) is 6.15. The van der Waals surface area contributed by atoms with Gasteiger partial charge < -0.3 is 16.0 Å². The standard InChI is InChI=1S/C14H11N5O2/c15-12(20)8-3-1-2-4-10(8)19-14(21)11-9-5-6-16-13(9)18-7-17-11/h1-7H,(H2,15,20)(H,19,21)(H,16,17,18). The minimum absolute atomic E-state index is 0.223. The molecule has 0 fully saturated rings. The van der Waals surface area contributed by atoms with Gasteiger partial charge in [-0.15, -0.1) is 0 Å². The molecule has 2 heterocycles. The number of aromatic amines is 1. The third-order valence-corrected chi connectivity index (χ3v) is 3.01. The van der Waals surface area contributed by atoms with Gasteiger partial charge in [-0.3, -0.25) is 9.59 Å². The number of para-hydroxylation sites is 1. The highest BCUT2D eigenvalue weighted by molar-refractivity contribution is 6.12. The lowest BCUT2D eigenvalue weighted by Crippen LogP contribution is -2.19. The van der Waals surface area contributed by atoms with Crippen molar-refractivity contribution in [3.05, 3.63) is 54.1 Å². The third-order valence-electron chi connectivity index (χ3n) is 3.01. The van der Waals surface area contributed by atoms with Crippen LogP contribution in [0, 0.1) is 0 Å². The van der Waals surface area contributed by atoms with Crippen LogP contribution in [0.1, 0.15) is 20.8 Å². The topological polar surface area (TPSA) is 114 Å². The molecule has 1 aromatic carbocycles. The highest BCUT2D eigenvalue weighted by atomic mass is 16.2. The number of carbonyl (C=O) groups is 2. The Balaban J connectivity index is 1.97. The van der Waals surface area contributed by atoms with Crippen molar-refractivity contribution in [3.8, 4) is 0 Å². The highest BCUT2D eigenvalue weighted by Crippen LogP contribution is 2.18. The SMILES string of the molecule is NC(=O)c1ccccc1NC(=O)c1ncnc2[nH]ccc12. The predicted octanol–water partition coefficient (Wildman–Crippen LogP) is 1.31. The van der Waals surface area contributed by atoms with E-state index in [1.165, 1.54) is 6.33 Å². The number of nitrogens with two attached hydrogens (primary N) is 1. The van der Waals surface area contributed by atoms with Gasteiger partial charge in [0, 0.05) is 6.20 Å². The van der Waals surface area contributed by atoms with Crippen LogP contribution in [0.2, 0.25) is 0 Å². The molecule has 4 N–H and O–H groups in total. The summed E-state index contributed by atoms with van der Waals surface area (Å²) in [6.45, 7) is 0. The number of amides is 2. The molecule has 0 atom stereocenters. The Morgan fingerprint density at radius 2 is 1.95 bits per heavy atom. The Hall–Kier alpha value is -3.22. The van der Waals surface area contributed by atoms with Gasteiger partial charge >= 0.3 is 0 Å². The molecular formula is C14H11N5O2. The Bertz CT molecular complexity index is 840. The summed E-state index contributed by atoms with van der Waals surface area (Å²) < 4.78 is 0. The van der Waals surface area contributed by atoms with E-state index in [4.69, 9.17) is 5.73 Å². The molecule has 0 aliphatic rings. The summed E-state index contributed by atoms with van der Waals surface area (Å²) in [5, 5.41) is 3.25. The summed E-state index contributed by atoms with van der Waals surface area (Å²) in [6, 6.07) is 8.24. The molecule has 0 spiro atoms. The average Bonchev–Trinajstić information content (AvgIpc) is 2.95. The number of fused-ring (bicyclic) bond motifs is 1. The zero-order valence-electron chi connectivity index (χ0n) is 10.8. The second kappa shape index (κ2) is 5.04. The number of nitrogens with zero attached hydrogens (tertiary/aromatic N) is 2. The largest absolute Gasteiger partial charge is 0.366 e. The quantitative estimate of drug-likeness (QED) is 0.671. The van der Waals surface area contributed by atoms with E-state index < -0.39 is 11.8 Å². The Morgan fingerprint density at radius 3 is 2.76 bits per heavy atom. The molecule has 2 amide bonds. The number of aromatic nitrogens is 3. The van der Waals surface area contributed by atoms with Crippen molar-refractivity contribution in [2.75, 3.05) is 5.32 Å². The molecule has 0 bridgehead atoms. The molecule has 0 saturated heterocycles. The molecule has 7 nitrogen and oxygen atoms in total. The Morgan fingerprint density at radius 1 is 1.14 bits per heavy atom. The Labute approximate surface area is 119 Å². The smallest absolute Gasteiger partial charge is 0.275 e. The predicted molar refractivity (Wildman–Crippen MR) is 76.8 cm³/mol. The summed E-state index contributed by atoms with van der Waals surface area (Å²) in [4.78, 5) is 34.6. The second-order valence-corrected chi connectivity index (χ2v) is 4.33. The number of benzene rings is 1. The van der Waals surface area contributed by atoms with Crippen molar-refractivity contribution in [2.24, 2.45) is 5.73 Å². The van der Waals surface area contributed by atoms with E-state index in [0.29, 0.717) is 16.7 Å². The first-order valence-corrected chi connectivity index (χ1v) is 6.15. The van der Waals surface area contributed by atoms with Crippen LogP contribution >= 0.6 is 0 Å². The second-order valence-electron chi connectivity index (χ2n) is 4.33. The third kappa shape index (κ3) is 2.32. The summed E-state index contributed by atoms with van der Waals surface area (Å²) in [6.07, 6.45) is 2.97. The molecule has 0 unspecified atom stereocenters. The zero-order valence-corrected chi connectivity index (χ0v) is 10.8.